The van der Waals surface area contributed by atoms with E-state index in [1.54, 1.807) is 55.5 Å². The monoisotopic (exact) mass is 1450 g/mol. The van der Waals surface area contributed by atoms with Crippen molar-refractivity contribution in [2.24, 2.45) is 35.5 Å². The summed E-state index contributed by atoms with van der Waals surface area (Å²) in [7, 11) is -4.52. The van der Waals surface area contributed by atoms with E-state index in [2.05, 4.69) is 77.0 Å². The minimum atomic E-state index is -4.52. The third-order valence-corrected chi connectivity index (χ3v) is 24.8. The zero-order valence-electron chi connectivity index (χ0n) is 59.1. The van der Waals surface area contributed by atoms with E-state index in [9.17, 15) is 13.0 Å². The summed E-state index contributed by atoms with van der Waals surface area (Å²) in [6.45, 7) is 5.42. The topological polar surface area (TPSA) is 237 Å². The molecule has 6 heterocycles. The highest BCUT2D eigenvalue weighted by Crippen LogP contribution is 2.44. The van der Waals surface area contributed by atoms with E-state index < -0.39 is 40.4 Å². The molecule has 6 atom stereocenters. The van der Waals surface area contributed by atoms with Crippen LogP contribution in [0.2, 0.25) is 0 Å². The SMILES string of the molecule is C1=CC2CCC1CC2CCCCCCNCc1ccc([O][Al]([O]c2cccc3nccnc23)[O]c2cccc3nccnc23)c2ncccc12.Cc1ccc([O][Al]([O]c2ccc(CNCCCCCCC3CC4C=CC3CC4)c3cccnc23)[O]c2ccc(S(=O)(=O)O)c3cccnc23)c2ncccc12. The molecule has 4 bridgehead atoms. The van der Waals surface area contributed by atoms with Gasteiger partial charge in [-0.05, 0) is 221 Å². The standard InChI is InChI=1S/2C24H32N2O.C10H9NO.C9H7NO4S.2C8H6N2O.2Al/c2*27-23-13-12-21(22-7-5-15-26-24(22)23)17-25-14-4-2-1-3-6-20-16-18-8-10-19(20)11-9-18;1-7-4-5-9(12)10-8(7)3-2-6-11-10;11-7-3-4-8(15(12,13)14)6-2-1-5-10-9(6)7;2*11-7-3-1-2-6-8(7)10-5-4-9-6;;/h2*5,7-8,10,12-13,15,18-20,25,27H,1-4,6,9,11,14,16-17H2;2-6,12H,1H3;1-5,11H,(H,12,13,14);2*1-5,11H;;/q;;;;;;2*+3/p-6. The van der Waals surface area contributed by atoms with Crippen molar-refractivity contribution in [3.8, 4) is 34.5 Å². The molecule has 0 saturated heterocycles. The van der Waals surface area contributed by atoms with Gasteiger partial charge < -0.3 is 33.4 Å². The van der Waals surface area contributed by atoms with Crippen LogP contribution in [0.3, 0.4) is 0 Å². The molecular formula is C83H86Al2N10O9S. The summed E-state index contributed by atoms with van der Waals surface area (Å²) in [5, 5.41) is 10.5. The van der Waals surface area contributed by atoms with Gasteiger partial charge in [-0.15, -0.1) is 0 Å². The number of nitrogens with zero attached hydrogens (tertiary/aromatic N) is 8. The Morgan fingerprint density at radius 3 is 1.22 bits per heavy atom. The Labute approximate surface area is 622 Å². The van der Waals surface area contributed by atoms with Gasteiger partial charge in [-0.3, -0.25) is 34.5 Å². The predicted octanol–water partition coefficient (Wildman–Crippen LogP) is 17.3. The van der Waals surface area contributed by atoms with Crippen molar-refractivity contribution in [2.75, 3.05) is 13.1 Å². The Kier molecular flexibility index (Phi) is 23.1. The molecule has 0 radical (unpaired) electrons. The second-order valence-electron chi connectivity index (χ2n) is 28.1. The predicted molar refractivity (Wildman–Crippen MR) is 412 cm³/mol. The summed E-state index contributed by atoms with van der Waals surface area (Å²) in [5.74, 6) is 8.13. The molecule has 534 valence electrons. The molecule has 6 aromatic heterocycles. The third-order valence-electron chi connectivity index (χ3n) is 21.2. The van der Waals surface area contributed by atoms with E-state index in [1.807, 2.05) is 104 Å². The number of rotatable bonds is 31. The maximum atomic E-state index is 12.2. The van der Waals surface area contributed by atoms with Crippen LogP contribution in [0, 0.1) is 42.4 Å². The smallest absolute Gasteiger partial charge is 0.576 e. The molecule has 2 fully saturated rings. The molecule has 18 rings (SSSR count). The summed E-state index contributed by atoms with van der Waals surface area (Å²) < 4.78 is 73.7. The fraction of sp³-hybridized carbons (Fsp3) is 0.325. The van der Waals surface area contributed by atoms with E-state index in [0.717, 1.165) is 105 Å². The molecule has 0 aliphatic heterocycles. The van der Waals surface area contributed by atoms with Crippen LogP contribution >= 0.6 is 0 Å². The second-order valence-corrected chi connectivity index (χ2v) is 32.1. The van der Waals surface area contributed by atoms with Crippen molar-refractivity contribution in [3.05, 3.63) is 224 Å². The van der Waals surface area contributed by atoms with Gasteiger partial charge in [0.05, 0.1) is 11.0 Å². The Morgan fingerprint density at radius 2 is 0.781 bits per heavy atom. The summed E-state index contributed by atoms with van der Waals surface area (Å²) in [4.78, 5) is 36.1. The molecule has 105 heavy (non-hydrogen) atoms. The van der Waals surface area contributed by atoms with Crippen molar-refractivity contribution in [1.29, 1.82) is 0 Å². The fourth-order valence-corrected chi connectivity index (χ4v) is 19.2. The molecule has 2 saturated carbocycles. The number of hydrogen-bond donors (Lipinski definition) is 3. The average molecular weight is 1450 g/mol. The molecule has 22 heteroatoms. The first-order chi connectivity index (χ1) is 51.6. The summed E-state index contributed by atoms with van der Waals surface area (Å²) in [5.41, 5.74) is 8.39. The maximum absolute atomic E-state index is 12.2. The van der Waals surface area contributed by atoms with Crippen molar-refractivity contribution in [2.45, 2.75) is 128 Å². The summed E-state index contributed by atoms with van der Waals surface area (Å²) in [6.07, 6.45) is 44.7. The van der Waals surface area contributed by atoms with Crippen molar-refractivity contribution in [3.63, 3.8) is 0 Å². The minimum Gasteiger partial charge on any atom is -0.576 e. The summed E-state index contributed by atoms with van der Waals surface area (Å²) in [6, 6.07) is 40.9. The van der Waals surface area contributed by atoms with E-state index in [-0.39, 0.29) is 21.5 Å². The normalized spacial score (nSPS) is 18.0. The quantitative estimate of drug-likeness (QED) is 0.0158. The Morgan fingerprint density at radius 1 is 0.390 bits per heavy atom. The first-order valence-corrected chi connectivity index (χ1v) is 41.5. The highest BCUT2D eigenvalue weighted by atomic mass is 32.2. The van der Waals surface area contributed by atoms with E-state index >= 15 is 0 Å². The van der Waals surface area contributed by atoms with Gasteiger partial charge in [0.25, 0.3) is 10.1 Å². The fourth-order valence-electron chi connectivity index (χ4n) is 15.9. The van der Waals surface area contributed by atoms with Gasteiger partial charge in [0, 0.05) is 84.2 Å². The number of allylic oxidation sites excluding steroid dienone is 4. The number of para-hydroxylation sites is 2. The van der Waals surface area contributed by atoms with Gasteiger partial charge in [-0.1, -0.05) is 111 Å². The lowest BCUT2D eigenvalue weighted by Crippen LogP contribution is -2.37. The van der Waals surface area contributed by atoms with Crippen LogP contribution < -0.4 is 33.4 Å². The van der Waals surface area contributed by atoms with Crippen LogP contribution in [0.15, 0.2) is 212 Å². The molecule has 3 N–H and O–H groups in total. The Hall–Kier alpha value is -9.19. The Bertz CT molecular complexity index is 5120. The van der Waals surface area contributed by atoms with Crippen molar-refractivity contribution >= 4 is 106 Å². The molecule has 0 amide bonds. The lowest BCUT2D eigenvalue weighted by Gasteiger charge is -2.38. The molecule has 0 spiro atoms. The number of hydrogen-bond acceptors (Lipinski definition) is 18. The lowest BCUT2D eigenvalue weighted by atomic mass is 9.67. The molecule has 6 aliphatic carbocycles. The first-order valence-electron chi connectivity index (χ1n) is 37.2. The van der Waals surface area contributed by atoms with Crippen LogP contribution in [0.1, 0.15) is 119 Å². The molecular weight excluding hydrogens is 1370 g/mol. The molecule has 6 unspecified atom stereocenters. The van der Waals surface area contributed by atoms with E-state index in [0.29, 0.717) is 57.4 Å². The number of nitrogens with one attached hydrogen (secondary N) is 2. The van der Waals surface area contributed by atoms with E-state index in [4.69, 9.17) is 32.7 Å². The zero-order chi connectivity index (χ0) is 71.3. The zero-order valence-corrected chi connectivity index (χ0v) is 62.2. The van der Waals surface area contributed by atoms with Crippen molar-refractivity contribution < 1.29 is 35.7 Å². The van der Waals surface area contributed by atoms with Crippen LogP contribution in [0.4, 0.5) is 0 Å². The lowest BCUT2D eigenvalue weighted by molar-refractivity contribution is 0.204. The highest BCUT2D eigenvalue weighted by Gasteiger charge is 2.47. The van der Waals surface area contributed by atoms with Gasteiger partial charge in [0.2, 0.25) is 0 Å². The number of aromatic nitrogens is 8. The largest absolute Gasteiger partial charge is 1.20 e. The minimum absolute atomic E-state index is 0.213. The highest BCUT2D eigenvalue weighted by molar-refractivity contribution is 7.86. The molecule has 6 aliphatic rings. The van der Waals surface area contributed by atoms with Crippen LogP contribution in [0.5, 0.6) is 34.5 Å². The molecule has 12 aromatic rings. The van der Waals surface area contributed by atoms with Gasteiger partial charge in [0.15, 0.2) is 0 Å². The van der Waals surface area contributed by atoms with Gasteiger partial charge in [-0.2, -0.15) is 8.42 Å². The van der Waals surface area contributed by atoms with Gasteiger partial charge in [-0.25, -0.2) is 9.97 Å². The number of unbranched alkanes of at least 4 members (excludes halogenated alkanes) is 6. The maximum Gasteiger partial charge on any atom is 1.20 e. The average Bonchev–Trinajstić information content (AvgIpc) is 0.776. The number of benzene rings is 6. The third kappa shape index (κ3) is 17.4. The second kappa shape index (κ2) is 33.9. The number of pyridine rings is 4. The van der Waals surface area contributed by atoms with E-state index in [1.165, 1.54) is 120 Å². The first kappa shape index (κ1) is 71.4. The number of fused-ring (bicyclic) bond motifs is 10. The molecule has 6 aromatic carbocycles. The number of aryl methyl sites for hydroxylation is 1. The van der Waals surface area contributed by atoms with Crippen molar-refractivity contribution in [1.82, 2.24) is 50.5 Å². The van der Waals surface area contributed by atoms with Crippen LogP contribution in [0.25, 0.3) is 65.7 Å². The summed E-state index contributed by atoms with van der Waals surface area (Å²) >= 11 is -6.23. The Balaban J connectivity index is 0.000000169. The van der Waals surface area contributed by atoms with Gasteiger partial charge in [0.1, 0.15) is 72.5 Å². The molecule has 19 nitrogen and oxygen atoms in total. The van der Waals surface area contributed by atoms with Crippen LogP contribution in [-0.2, 0) is 23.2 Å². The van der Waals surface area contributed by atoms with Gasteiger partial charge >= 0.3 is 30.3 Å². The van der Waals surface area contributed by atoms with Crippen LogP contribution in [-0.4, -0.2) is 96.2 Å².